The van der Waals surface area contributed by atoms with Gasteiger partial charge in [-0.3, -0.25) is 0 Å². The SMILES string of the molecule is CC(c1ccc(Cl)cc1)N(C)c1nccnc1C(N)=NO. The van der Waals surface area contributed by atoms with Gasteiger partial charge in [-0.15, -0.1) is 0 Å². The van der Waals surface area contributed by atoms with E-state index < -0.39 is 0 Å². The Morgan fingerprint density at radius 2 is 1.90 bits per heavy atom. The summed E-state index contributed by atoms with van der Waals surface area (Å²) >= 11 is 5.90. The fourth-order valence-electron chi connectivity index (χ4n) is 1.97. The molecule has 1 aromatic carbocycles. The number of aromatic nitrogens is 2. The van der Waals surface area contributed by atoms with Crippen molar-refractivity contribution in [2.45, 2.75) is 13.0 Å². The van der Waals surface area contributed by atoms with Gasteiger partial charge in [0.15, 0.2) is 17.3 Å². The largest absolute Gasteiger partial charge is 0.409 e. The van der Waals surface area contributed by atoms with Gasteiger partial charge in [0.25, 0.3) is 0 Å². The van der Waals surface area contributed by atoms with Crippen LogP contribution < -0.4 is 10.6 Å². The number of halogens is 1. The first-order valence-electron chi connectivity index (χ1n) is 6.31. The zero-order valence-corrected chi connectivity index (χ0v) is 12.5. The Bertz CT molecular complexity index is 644. The Morgan fingerprint density at radius 1 is 1.29 bits per heavy atom. The highest BCUT2D eigenvalue weighted by Gasteiger charge is 2.19. The molecule has 0 aliphatic rings. The van der Waals surface area contributed by atoms with Gasteiger partial charge < -0.3 is 15.8 Å². The fourth-order valence-corrected chi connectivity index (χ4v) is 2.09. The predicted molar refractivity (Wildman–Crippen MR) is 82.8 cm³/mol. The molecule has 2 rings (SSSR count). The van der Waals surface area contributed by atoms with E-state index in [-0.39, 0.29) is 11.9 Å². The maximum Gasteiger partial charge on any atom is 0.192 e. The number of benzene rings is 1. The van der Waals surface area contributed by atoms with Crippen LogP contribution in [-0.4, -0.2) is 28.1 Å². The van der Waals surface area contributed by atoms with Gasteiger partial charge in [0.2, 0.25) is 0 Å². The van der Waals surface area contributed by atoms with E-state index in [1.807, 2.05) is 43.1 Å². The van der Waals surface area contributed by atoms with Gasteiger partial charge in [0.1, 0.15) is 0 Å². The highest BCUT2D eigenvalue weighted by Crippen LogP contribution is 2.26. The van der Waals surface area contributed by atoms with Crippen LogP contribution in [0.3, 0.4) is 0 Å². The Kier molecular flexibility index (Phi) is 4.59. The number of nitrogens with two attached hydrogens (primary N) is 1. The van der Waals surface area contributed by atoms with Crippen LogP contribution in [0.1, 0.15) is 24.2 Å². The average molecular weight is 306 g/mol. The summed E-state index contributed by atoms with van der Waals surface area (Å²) in [6.07, 6.45) is 3.06. The second-order valence-electron chi connectivity index (χ2n) is 4.55. The van der Waals surface area contributed by atoms with E-state index in [2.05, 4.69) is 15.1 Å². The van der Waals surface area contributed by atoms with Crippen molar-refractivity contribution in [2.24, 2.45) is 10.9 Å². The molecular formula is C14H16ClN5O. The third-order valence-electron chi connectivity index (χ3n) is 3.30. The van der Waals surface area contributed by atoms with Crippen LogP contribution in [0.2, 0.25) is 5.02 Å². The Balaban J connectivity index is 2.35. The lowest BCUT2D eigenvalue weighted by molar-refractivity contribution is 0.318. The van der Waals surface area contributed by atoms with Gasteiger partial charge >= 0.3 is 0 Å². The van der Waals surface area contributed by atoms with Crippen LogP contribution in [0, 0.1) is 0 Å². The number of hydrogen-bond donors (Lipinski definition) is 2. The van der Waals surface area contributed by atoms with Crippen LogP contribution in [-0.2, 0) is 0 Å². The summed E-state index contributed by atoms with van der Waals surface area (Å²) in [4.78, 5) is 10.3. The first-order valence-corrected chi connectivity index (χ1v) is 6.69. The highest BCUT2D eigenvalue weighted by atomic mass is 35.5. The molecule has 0 radical (unpaired) electrons. The molecule has 1 atom stereocenters. The van der Waals surface area contributed by atoms with Crippen molar-refractivity contribution >= 4 is 23.3 Å². The van der Waals surface area contributed by atoms with Gasteiger partial charge in [-0.1, -0.05) is 28.9 Å². The molecule has 0 bridgehead atoms. The maximum atomic E-state index is 8.84. The summed E-state index contributed by atoms with van der Waals surface area (Å²) in [6.45, 7) is 2.02. The molecule has 0 amide bonds. The third-order valence-corrected chi connectivity index (χ3v) is 3.55. The van der Waals surface area contributed by atoms with Gasteiger partial charge in [-0.2, -0.15) is 0 Å². The van der Waals surface area contributed by atoms with E-state index >= 15 is 0 Å². The lowest BCUT2D eigenvalue weighted by Crippen LogP contribution is -2.27. The minimum atomic E-state index is -0.0757. The predicted octanol–water partition coefficient (Wildman–Crippen LogP) is 2.42. The number of rotatable bonds is 4. The van der Waals surface area contributed by atoms with Crippen molar-refractivity contribution in [3.8, 4) is 0 Å². The lowest BCUT2D eigenvalue weighted by atomic mass is 10.1. The van der Waals surface area contributed by atoms with Gasteiger partial charge in [0.05, 0.1) is 6.04 Å². The fraction of sp³-hybridized carbons (Fsp3) is 0.214. The van der Waals surface area contributed by atoms with E-state index in [1.54, 1.807) is 6.20 Å². The summed E-state index contributed by atoms with van der Waals surface area (Å²) in [5.74, 6) is 0.462. The van der Waals surface area contributed by atoms with E-state index in [0.717, 1.165) is 5.56 Å². The third kappa shape index (κ3) is 3.22. The summed E-state index contributed by atoms with van der Waals surface area (Å²) in [7, 11) is 1.87. The maximum absolute atomic E-state index is 8.84. The number of anilines is 1. The molecule has 0 aliphatic carbocycles. The molecular weight excluding hydrogens is 290 g/mol. The smallest absolute Gasteiger partial charge is 0.192 e. The van der Waals surface area contributed by atoms with Crippen LogP contribution >= 0.6 is 11.6 Å². The summed E-state index contributed by atoms with van der Waals surface area (Å²) in [6, 6.07) is 7.58. The van der Waals surface area contributed by atoms with Crippen molar-refractivity contribution < 1.29 is 5.21 Å². The second kappa shape index (κ2) is 6.41. The molecule has 0 aliphatic heterocycles. The van der Waals surface area contributed by atoms with Crippen molar-refractivity contribution in [3.63, 3.8) is 0 Å². The molecule has 0 saturated heterocycles. The number of hydrogen-bond acceptors (Lipinski definition) is 5. The van der Waals surface area contributed by atoms with Crippen LogP contribution in [0.25, 0.3) is 0 Å². The van der Waals surface area contributed by atoms with E-state index in [9.17, 15) is 0 Å². The molecule has 1 heterocycles. The van der Waals surface area contributed by atoms with Crippen molar-refractivity contribution in [3.05, 3.63) is 52.9 Å². The first kappa shape index (κ1) is 15.1. The van der Waals surface area contributed by atoms with Crippen molar-refractivity contribution in [1.82, 2.24) is 9.97 Å². The zero-order valence-electron chi connectivity index (χ0n) is 11.7. The van der Waals surface area contributed by atoms with Gasteiger partial charge in [0, 0.05) is 24.5 Å². The molecule has 6 nitrogen and oxygen atoms in total. The molecule has 110 valence electrons. The quantitative estimate of drug-likeness (QED) is 0.392. The molecule has 0 fully saturated rings. The molecule has 0 spiro atoms. The topological polar surface area (TPSA) is 87.6 Å². The van der Waals surface area contributed by atoms with E-state index in [4.69, 9.17) is 22.5 Å². The number of amidine groups is 1. The highest BCUT2D eigenvalue weighted by molar-refractivity contribution is 6.30. The molecule has 0 saturated carbocycles. The van der Waals surface area contributed by atoms with Gasteiger partial charge in [-0.25, -0.2) is 9.97 Å². The standard InChI is InChI=1S/C14H16ClN5O/c1-9(10-3-5-11(15)6-4-10)20(2)14-12(13(16)19-21)17-7-8-18-14/h3-9,21H,1-2H3,(H2,16,19). The lowest BCUT2D eigenvalue weighted by Gasteiger charge is -2.27. The zero-order chi connectivity index (χ0) is 15.4. The number of oxime groups is 1. The first-order chi connectivity index (χ1) is 10.0. The molecule has 2 aromatic rings. The minimum Gasteiger partial charge on any atom is -0.409 e. The van der Waals surface area contributed by atoms with E-state index in [1.165, 1.54) is 6.20 Å². The van der Waals surface area contributed by atoms with E-state index in [0.29, 0.717) is 16.5 Å². The van der Waals surface area contributed by atoms with Crippen molar-refractivity contribution in [2.75, 3.05) is 11.9 Å². The molecule has 1 unspecified atom stereocenters. The summed E-state index contributed by atoms with van der Waals surface area (Å²) in [5.41, 5.74) is 7.05. The number of nitrogens with zero attached hydrogens (tertiary/aromatic N) is 4. The van der Waals surface area contributed by atoms with Crippen LogP contribution in [0.5, 0.6) is 0 Å². The Morgan fingerprint density at radius 3 is 2.52 bits per heavy atom. The van der Waals surface area contributed by atoms with Crippen LogP contribution in [0.4, 0.5) is 5.82 Å². The van der Waals surface area contributed by atoms with Gasteiger partial charge in [-0.05, 0) is 24.6 Å². The monoisotopic (exact) mass is 305 g/mol. The second-order valence-corrected chi connectivity index (χ2v) is 4.99. The molecule has 7 heteroatoms. The Labute approximate surface area is 127 Å². The normalized spacial score (nSPS) is 13.0. The Hall–Kier alpha value is -2.34. The van der Waals surface area contributed by atoms with Crippen molar-refractivity contribution in [1.29, 1.82) is 0 Å². The molecule has 21 heavy (non-hydrogen) atoms. The minimum absolute atomic E-state index is 0.0178. The molecule has 3 N–H and O–H groups in total. The molecule has 1 aromatic heterocycles. The average Bonchev–Trinajstić information content (AvgIpc) is 2.53. The summed E-state index contributed by atoms with van der Waals surface area (Å²) in [5, 5.41) is 12.5. The summed E-state index contributed by atoms with van der Waals surface area (Å²) < 4.78 is 0. The van der Waals surface area contributed by atoms with Crippen LogP contribution in [0.15, 0.2) is 41.8 Å².